The molecule has 0 fully saturated rings. The summed E-state index contributed by atoms with van der Waals surface area (Å²) < 4.78 is 5.30. The monoisotopic (exact) mass is 268 g/mol. The number of nitrogens with zero attached hydrogens (tertiary/aromatic N) is 1. The van der Waals surface area contributed by atoms with Crippen molar-refractivity contribution in [1.29, 1.82) is 0 Å². The molecule has 19 heavy (non-hydrogen) atoms. The van der Waals surface area contributed by atoms with Crippen LogP contribution >= 0.6 is 0 Å². The van der Waals surface area contributed by atoms with Crippen molar-refractivity contribution in [2.24, 2.45) is 0 Å². The number of carbonyl (C=O) groups is 2. The fraction of sp³-hybridized carbons (Fsp3) is 0.417. The second kappa shape index (κ2) is 6.14. The van der Waals surface area contributed by atoms with Crippen LogP contribution in [-0.4, -0.2) is 45.3 Å². The van der Waals surface area contributed by atoms with Crippen molar-refractivity contribution >= 4 is 11.9 Å². The van der Waals surface area contributed by atoms with E-state index < -0.39 is 30.1 Å². The molecule has 1 aromatic heterocycles. The standard InChI is InChI=1S/C12H16N2O5/c1-8(19-9-4-3-5-13-6-9)10(15)14-7-12(2,18)11(16)17/h3-6,8,18H,7H2,1-2H3,(H,14,15)(H,16,17). The number of hydrogen-bond acceptors (Lipinski definition) is 5. The number of carboxylic acid groups (broad SMARTS) is 1. The van der Waals surface area contributed by atoms with Gasteiger partial charge < -0.3 is 20.3 Å². The number of rotatable bonds is 6. The molecule has 104 valence electrons. The molecule has 0 saturated carbocycles. The Hall–Kier alpha value is -2.15. The van der Waals surface area contributed by atoms with E-state index in [-0.39, 0.29) is 0 Å². The predicted octanol–water partition coefficient (Wildman–Crippen LogP) is -0.199. The molecule has 0 spiro atoms. The van der Waals surface area contributed by atoms with Gasteiger partial charge in [0.15, 0.2) is 11.7 Å². The van der Waals surface area contributed by atoms with Gasteiger partial charge in [0.2, 0.25) is 0 Å². The molecule has 0 radical (unpaired) electrons. The largest absolute Gasteiger partial charge is 0.479 e. The van der Waals surface area contributed by atoms with Gasteiger partial charge in [0, 0.05) is 6.20 Å². The molecule has 2 atom stereocenters. The van der Waals surface area contributed by atoms with Crippen LogP contribution in [0.1, 0.15) is 13.8 Å². The van der Waals surface area contributed by atoms with Gasteiger partial charge in [-0.1, -0.05) is 0 Å². The molecule has 1 aromatic rings. The SMILES string of the molecule is CC(Oc1cccnc1)C(=O)NCC(C)(O)C(=O)O. The van der Waals surface area contributed by atoms with Crippen molar-refractivity contribution in [3.05, 3.63) is 24.5 Å². The first-order valence-corrected chi connectivity index (χ1v) is 5.63. The molecule has 0 aliphatic carbocycles. The average Bonchev–Trinajstić information content (AvgIpc) is 2.37. The third-order valence-corrected chi connectivity index (χ3v) is 2.38. The van der Waals surface area contributed by atoms with Crippen LogP contribution in [0.3, 0.4) is 0 Å². The Balaban J connectivity index is 2.48. The van der Waals surface area contributed by atoms with Gasteiger partial charge in [-0.05, 0) is 26.0 Å². The normalized spacial score (nSPS) is 15.1. The third-order valence-electron chi connectivity index (χ3n) is 2.38. The summed E-state index contributed by atoms with van der Waals surface area (Å²) in [7, 11) is 0. The van der Waals surface area contributed by atoms with E-state index in [4.69, 9.17) is 9.84 Å². The van der Waals surface area contributed by atoms with Crippen molar-refractivity contribution in [3.8, 4) is 5.75 Å². The number of pyridine rings is 1. The van der Waals surface area contributed by atoms with Crippen LogP contribution in [0, 0.1) is 0 Å². The lowest BCUT2D eigenvalue weighted by Crippen LogP contribution is -2.49. The topological polar surface area (TPSA) is 109 Å². The van der Waals surface area contributed by atoms with Crippen molar-refractivity contribution < 1.29 is 24.5 Å². The van der Waals surface area contributed by atoms with Crippen molar-refractivity contribution in [2.75, 3.05) is 6.54 Å². The van der Waals surface area contributed by atoms with Crippen molar-refractivity contribution in [1.82, 2.24) is 10.3 Å². The number of amides is 1. The molecule has 0 aliphatic heterocycles. The lowest BCUT2D eigenvalue weighted by molar-refractivity contribution is -0.156. The Kier molecular flexibility index (Phi) is 4.82. The maximum Gasteiger partial charge on any atom is 0.337 e. The van der Waals surface area contributed by atoms with Gasteiger partial charge in [0.1, 0.15) is 5.75 Å². The molecule has 1 heterocycles. The zero-order valence-corrected chi connectivity index (χ0v) is 10.7. The van der Waals surface area contributed by atoms with Crippen LogP contribution in [-0.2, 0) is 9.59 Å². The number of aliphatic carboxylic acids is 1. The van der Waals surface area contributed by atoms with Crippen LogP contribution in [0.15, 0.2) is 24.5 Å². The van der Waals surface area contributed by atoms with Crippen LogP contribution in [0.2, 0.25) is 0 Å². The summed E-state index contributed by atoms with van der Waals surface area (Å²) in [5.41, 5.74) is -2.01. The highest BCUT2D eigenvalue weighted by atomic mass is 16.5. The Morgan fingerprint density at radius 3 is 2.79 bits per heavy atom. The molecule has 7 heteroatoms. The molecule has 0 aromatic carbocycles. The molecule has 0 bridgehead atoms. The van der Waals surface area contributed by atoms with Crippen LogP contribution in [0.25, 0.3) is 0 Å². The van der Waals surface area contributed by atoms with E-state index >= 15 is 0 Å². The minimum Gasteiger partial charge on any atom is -0.479 e. The Bertz CT molecular complexity index is 447. The van der Waals surface area contributed by atoms with E-state index in [9.17, 15) is 14.7 Å². The van der Waals surface area contributed by atoms with Crippen LogP contribution < -0.4 is 10.1 Å². The quantitative estimate of drug-likeness (QED) is 0.659. The lowest BCUT2D eigenvalue weighted by atomic mass is 10.1. The van der Waals surface area contributed by atoms with Gasteiger partial charge in [-0.25, -0.2) is 4.79 Å². The number of carboxylic acids is 1. The molecular weight excluding hydrogens is 252 g/mol. The van der Waals surface area contributed by atoms with Gasteiger partial charge >= 0.3 is 5.97 Å². The summed E-state index contributed by atoms with van der Waals surface area (Å²) in [6.45, 7) is 2.21. The summed E-state index contributed by atoms with van der Waals surface area (Å²) >= 11 is 0. The number of nitrogens with one attached hydrogen (secondary N) is 1. The molecule has 1 rings (SSSR count). The van der Waals surface area contributed by atoms with Gasteiger partial charge in [0.05, 0.1) is 12.7 Å². The highest BCUT2D eigenvalue weighted by molar-refractivity contribution is 5.82. The third kappa shape index (κ3) is 4.55. The predicted molar refractivity (Wildman–Crippen MR) is 65.6 cm³/mol. The first kappa shape index (κ1) is 14.9. The van der Waals surface area contributed by atoms with E-state index in [1.54, 1.807) is 18.3 Å². The van der Waals surface area contributed by atoms with Gasteiger partial charge in [-0.3, -0.25) is 9.78 Å². The molecule has 7 nitrogen and oxygen atoms in total. The van der Waals surface area contributed by atoms with E-state index in [2.05, 4.69) is 10.3 Å². The van der Waals surface area contributed by atoms with Crippen molar-refractivity contribution in [3.63, 3.8) is 0 Å². The molecule has 0 aliphatic rings. The number of aliphatic hydroxyl groups is 1. The molecule has 2 unspecified atom stereocenters. The number of hydrogen-bond donors (Lipinski definition) is 3. The van der Waals surface area contributed by atoms with E-state index in [1.165, 1.54) is 13.1 Å². The van der Waals surface area contributed by atoms with Gasteiger partial charge in [0.25, 0.3) is 5.91 Å². The Morgan fingerprint density at radius 1 is 1.58 bits per heavy atom. The second-order valence-electron chi connectivity index (χ2n) is 4.25. The molecular formula is C12H16N2O5. The maximum absolute atomic E-state index is 11.7. The Morgan fingerprint density at radius 2 is 2.26 bits per heavy atom. The summed E-state index contributed by atoms with van der Waals surface area (Å²) in [4.78, 5) is 26.1. The minimum atomic E-state index is -2.01. The zero-order chi connectivity index (χ0) is 14.5. The number of aromatic nitrogens is 1. The average molecular weight is 268 g/mol. The summed E-state index contributed by atoms with van der Waals surface area (Å²) in [6.07, 6.45) is 2.20. The first-order valence-electron chi connectivity index (χ1n) is 5.63. The molecule has 3 N–H and O–H groups in total. The minimum absolute atomic E-state index is 0.401. The summed E-state index contributed by atoms with van der Waals surface area (Å²) in [5, 5.41) is 20.4. The van der Waals surface area contributed by atoms with Gasteiger partial charge in [-0.15, -0.1) is 0 Å². The van der Waals surface area contributed by atoms with Crippen LogP contribution in [0.5, 0.6) is 5.75 Å². The fourth-order valence-electron chi connectivity index (χ4n) is 1.15. The fourth-order valence-corrected chi connectivity index (χ4v) is 1.15. The highest BCUT2D eigenvalue weighted by Crippen LogP contribution is 2.09. The van der Waals surface area contributed by atoms with E-state index in [0.29, 0.717) is 5.75 Å². The highest BCUT2D eigenvalue weighted by Gasteiger charge is 2.31. The lowest BCUT2D eigenvalue weighted by Gasteiger charge is -2.20. The maximum atomic E-state index is 11.7. The number of carbonyl (C=O) groups excluding carboxylic acids is 1. The molecule has 0 saturated heterocycles. The zero-order valence-electron chi connectivity index (χ0n) is 10.7. The first-order chi connectivity index (χ1) is 8.83. The summed E-state index contributed by atoms with van der Waals surface area (Å²) in [5.74, 6) is -1.51. The summed E-state index contributed by atoms with van der Waals surface area (Å²) in [6, 6.07) is 3.30. The van der Waals surface area contributed by atoms with Crippen molar-refractivity contribution in [2.45, 2.75) is 25.6 Å². The van der Waals surface area contributed by atoms with Gasteiger partial charge in [-0.2, -0.15) is 0 Å². The Labute approximate surface area is 110 Å². The second-order valence-corrected chi connectivity index (χ2v) is 4.25. The van der Waals surface area contributed by atoms with Crippen LogP contribution in [0.4, 0.5) is 0 Å². The van der Waals surface area contributed by atoms with E-state index in [0.717, 1.165) is 6.92 Å². The molecule has 1 amide bonds. The smallest absolute Gasteiger partial charge is 0.337 e. The number of ether oxygens (including phenoxy) is 1. The van der Waals surface area contributed by atoms with E-state index in [1.807, 2.05) is 0 Å².